The van der Waals surface area contributed by atoms with Gasteiger partial charge in [0, 0.05) is 10.0 Å². The van der Waals surface area contributed by atoms with Crippen molar-refractivity contribution in [3.05, 3.63) is 28.2 Å². The molecule has 1 amide bonds. The van der Waals surface area contributed by atoms with E-state index in [4.69, 9.17) is 27.9 Å². The lowest BCUT2D eigenvalue weighted by atomic mass is 10.3. The summed E-state index contributed by atoms with van der Waals surface area (Å²) < 4.78 is 40.3. The molecule has 0 aliphatic heterocycles. The number of rotatable bonds is 4. The fourth-order valence-electron chi connectivity index (χ4n) is 1.01. The van der Waals surface area contributed by atoms with E-state index < -0.39 is 25.2 Å². The van der Waals surface area contributed by atoms with Gasteiger partial charge in [-0.05, 0) is 18.2 Å². The maximum atomic E-state index is 11.8. The van der Waals surface area contributed by atoms with Crippen molar-refractivity contribution >= 4 is 29.1 Å². The van der Waals surface area contributed by atoms with E-state index in [1.807, 2.05) is 0 Å². The Hall–Kier alpha value is -1.14. The minimum atomic E-state index is -4.45. The third-order valence-electron chi connectivity index (χ3n) is 1.69. The summed E-state index contributed by atoms with van der Waals surface area (Å²) in [6.07, 6.45) is -4.45. The number of carbonyl (C=O) groups is 1. The minimum absolute atomic E-state index is 0.203. The number of hydrogen-bond donors (Lipinski definition) is 1. The van der Waals surface area contributed by atoms with Crippen molar-refractivity contribution in [2.75, 3.05) is 13.2 Å². The lowest BCUT2D eigenvalue weighted by Gasteiger charge is -2.09. The SMILES string of the molecule is O=C(COc1cc(Cl)cc(Cl)c1)NCC(F)(F)F. The van der Waals surface area contributed by atoms with Crippen LogP contribution in [-0.4, -0.2) is 25.2 Å². The Labute approximate surface area is 111 Å². The van der Waals surface area contributed by atoms with Crippen molar-refractivity contribution in [1.82, 2.24) is 5.32 Å². The molecule has 0 aliphatic carbocycles. The summed E-state index contributed by atoms with van der Waals surface area (Å²) in [4.78, 5) is 11.0. The van der Waals surface area contributed by atoms with E-state index >= 15 is 0 Å². The minimum Gasteiger partial charge on any atom is -0.484 e. The maximum absolute atomic E-state index is 11.8. The fraction of sp³-hybridized carbons (Fsp3) is 0.300. The quantitative estimate of drug-likeness (QED) is 0.928. The van der Waals surface area contributed by atoms with Crippen molar-refractivity contribution in [3.63, 3.8) is 0 Å². The van der Waals surface area contributed by atoms with Crippen molar-refractivity contribution < 1.29 is 22.7 Å². The Morgan fingerprint density at radius 3 is 2.28 bits per heavy atom. The Balaban J connectivity index is 2.43. The van der Waals surface area contributed by atoms with E-state index in [9.17, 15) is 18.0 Å². The van der Waals surface area contributed by atoms with Gasteiger partial charge in [0.15, 0.2) is 6.61 Å². The molecule has 100 valence electrons. The van der Waals surface area contributed by atoms with Gasteiger partial charge in [0.2, 0.25) is 0 Å². The number of hydrogen-bond acceptors (Lipinski definition) is 2. The molecule has 0 fully saturated rings. The summed E-state index contributed by atoms with van der Waals surface area (Å²) >= 11 is 11.3. The van der Waals surface area contributed by atoms with Crippen LogP contribution in [-0.2, 0) is 4.79 Å². The molecule has 0 aromatic heterocycles. The van der Waals surface area contributed by atoms with Crippen molar-refractivity contribution in [3.8, 4) is 5.75 Å². The largest absolute Gasteiger partial charge is 0.484 e. The molecule has 18 heavy (non-hydrogen) atoms. The van der Waals surface area contributed by atoms with Crippen LogP contribution in [0.4, 0.5) is 13.2 Å². The number of halogens is 5. The molecule has 8 heteroatoms. The summed E-state index contributed by atoms with van der Waals surface area (Å²) in [5, 5.41) is 2.27. The van der Waals surface area contributed by atoms with Crippen LogP contribution in [0.25, 0.3) is 0 Å². The summed E-state index contributed by atoms with van der Waals surface area (Å²) in [7, 11) is 0. The van der Waals surface area contributed by atoms with E-state index in [1.165, 1.54) is 18.2 Å². The third kappa shape index (κ3) is 5.97. The van der Waals surface area contributed by atoms with Gasteiger partial charge in [-0.3, -0.25) is 4.79 Å². The number of nitrogens with one attached hydrogen (secondary N) is 1. The highest BCUT2D eigenvalue weighted by Gasteiger charge is 2.27. The first-order valence-corrected chi connectivity index (χ1v) is 5.44. The average molecular weight is 302 g/mol. The summed E-state index contributed by atoms with van der Waals surface area (Å²) in [5.74, 6) is -0.682. The van der Waals surface area contributed by atoms with Crippen LogP contribution in [0.1, 0.15) is 0 Å². The van der Waals surface area contributed by atoms with Gasteiger partial charge in [0.05, 0.1) is 0 Å². The standard InChI is InChI=1S/C10H8Cl2F3NO2/c11-6-1-7(12)3-8(2-6)18-4-9(17)16-5-10(13,14)15/h1-3H,4-5H2,(H,16,17). The van der Waals surface area contributed by atoms with Gasteiger partial charge in [-0.25, -0.2) is 0 Å². The highest BCUT2D eigenvalue weighted by molar-refractivity contribution is 6.34. The molecule has 0 heterocycles. The van der Waals surface area contributed by atoms with Crippen LogP contribution < -0.4 is 10.1 Å². The molecule has 1 aromatic carbocycles. The van der Waals surface area contributed by atoms with Crippen LogP contribution in [0.3, 0.4) is 0 Å². The molecule has 0 radical (unpaired) electrons. The van der Waals surface area contributed by atoms with Gasteiger partial charge in [-0.15, -0.1) is 0 Å². The monoisotopic (exact) mass is 301 g/mol. The highest BCUT2D eigenvalue weighted by atomic mass is 35.5. The van der Waals surface area contributed by atoms with Crippen LogP contribution in [0.15, 0.2) is 18.2 Å². The molecule has 0 aliphatic rings. The zero-order valence-electron chi connectivity index (χ0n) is 8.85. The van der Waals surface area contributed by atoms with Crippen molar-refractivity contribution in [2.45, 2.75) is 6.18 Å². The smallest absolute Gasteiger partial charge is 0.405 e. The molecule has 1 aromatic rings. The number of amides is 1. The molecular weight excluding hydrogens is 294 g/mol. The molecule has 3 nitrogen and oxygen atoms in total. The van der Waals surface area contributed by atoms with Crippen LogP contribution in [0, 0.1) is 0 Å². The Bertz CT molecular complexity index is 417. The van der Waals surface area contributed by atoms with Crippen molar-refractivity contribution in [1.29, 1.82) is 0 Å². The lowest BCUT2D eigenvalue weighted by Crippen LogP contribution is -2.36. The van der Waals surface area contributed by atoms with Crippen LogP contribution in [0.5, 0.6) is 5.75 Å². The zero-order valence-corrected chi connectivity index (χ0v) is 10.4. The van der Waals surface area contributed by atoms with Gasteiger partial charge in [0.1, 0.15) is 12.3 Å². The predicted octanol–water partition coefficient (Wildman–Crippen LogP) is 3.05. The second-order valence-corrected chi connectivity index (χ2v) is 4.16. The maximum Gasteiger partial charge on any atom is 0.405 e. The molecule has 0 saturated heterocycles. The van der Waals surface area contributed by atoms with Gasteiger partial charge < -0.3 is 10.1 Å². The van der Waals surface area contributed by atoms with Gasteiger partial charge >= 0.3 is 6.18 Å². The molecule has 0 spiro atoms. The number of ether oxygens (including phenoxy) is 1. The third-order valence-corrected chi connectivity index (χ3v) is 2.13. The first kappa shape index (κ1) is 14.9. The van der Waals surface area contributed by atoms with E-state index in [0.717, 1.165) is 0 Å². The van der Waals surface area contributed by atoms with Gasteiger partial charge in [0.25, 0.3) is 5.91 Å². The second-order valence-electron chi connectivity index (χ2n) is 3.29. The topological polar surface area (TPSA) is 38.3 Å². The summed E-state index contributed by atoms with van der Waals surface area (Å²) in [6, 6.07) is 4.24. The van der Waals surface area contributed by atoms with E-state index in [-0.39, 0.29) is 5.75 Å². The zero-order chi connectivity index (χ0) is 13.8. The molecule has 0 saturated carbocycles. The molecule has 0 unspecified atom stereocenters. The number of carbonyl (C=O) groups excluding carboxylic acids is 1. The summed E-state index contributed by atoms with van der Waals surface area (Å²) in [6.45, 7) is -1.95. The van der Waals surface area contributed by atoms with E-state index in [1.54, 1.807) is 5.32 Å². The lowest BCUT2D eigenvalue weighted by molar-refractivity contribution is -0.139. The molecule has 0 atom stereocenters. The van der Waals surface area contributed by atoms with Crippen LogP contribution in [0.2, 0.25) is 10.0 Å². The van der Waals surface area contributed by atoms with E-state index in [2.05, 4.69) is 0 Å². The van der Waals surface area contributed by atoms with Crippen molar-refractivity contribution in [2.24, 2.45) is 0 Å². The summed E-state index contributed by atoms with van der Waals surface area (Å²) in [5.41, 5.74) is 0. The Morgan fingerprint density at radius 2 is 1.78 bits per heavy atom. The number of benzene rings is 1. The normalized spacial score (nSPS) is 11.2. The van der Waals surface area contributed by atoms with E-state index in [0.29, 0.717) is 10.0 Å². The average Bonchev–Trinajstić information content (AvgIpc) is 2.21. The second kappa shape index (κ2) is 6.15. The molecule has 0 bridgehead atoms. The first-order chi connectivity index (χ1) is 8.26. The Kier molecular flexibility index (Phi) is 5.10. The molecular formula is C10H8Cl2F3NO2. The predicted molar refractivity (Wildman–Crippen MR) is 61.0 cm³/mol. The highest BCUT2D eigenvalue weighted by Crippen LogP contribution is 2.24. The van der Waals surface area contributed by atoms with Gasteiger partial charge in [-0.1, -0.05) is 23.2 Å². The molecule has 1 N–H and O–H groups in total. The fourth-order valence-corrected chi connectivity index (χ4v) is 1.52. The molecule has 1 rings (SSSR count). The number of alkyl halides is 3. The van der Waals surface area contributed by atoms with Crippen LogP contribution >= 0.6 is 23.2 Å². The first-order valence-electron chi connectivity index (χ1n) is 4.68. The Morgan fingerprint density at radius 1 is 1.22 bits per heavy atom. The van der Waals surface area contributed by atoms with Gasteiger partial charge in [-0.2, -0.15) is 13.2 Å².